The number of hydrogen-bond donors (Lipinski definition) is 0. The van der Waals surface area contributed by atoms with Crippen LogP contribution < -0.4 is 9.64 Å². The highest BCUT2D eigenvalue weighted by Gasteiger charge is 2.14. The lowest BCUT2D eigenvalue weighted by Crippen LogP contribution is -2.17. The second kappa shape index (κ2) is 4.28. The molecule has 0 atom stereocenters. The first-order valence-electron chi connectivity index (χ1n) is 6.20. The summed E-state index contributed by atoms with van der Waals surface area (Å²) >= 11 is 0. The van der Waals surface area contributed by atoms with Crippen LogP contribution in [0.3, 0.4) is 0 Å². The van der Waals surface area contributed by atoms with E-state index in [1.165, 1.54) is 42.4 Å². The van der Waals surface area contributed by atoms with Gasteiger partial charge in [0.25, 0.3) is 0 Å². The molecule has 3 rings (SSSR count). The fraction of sp³-hybridized carbons (Fsp3) is 0.333. The van der Waals surface area contributed by atoms with Gasteiger partial charge in [-0.05, 0) is 24.3 Å². The number of benzene rings is 2. The third kappa shape index (κ3) is 1.84. The van der Waals surface area contributed by atoms with Crippen LogP contribution >= 0.6 is 0 Å². The fourth-order valence-corrected chi connectivity index (χ4v) is 2.59. The van der Waals surface area contributed by atoms with Gasteiger partial charge in [0.15, 0.2) is 0 Å². The molecule has 1 heterocycles. The molecule has 0 spiro atoms. The van der Waals surface area contributed by atoms with E-state index in [1.807, 2.05) is 0 Å². The highest BCUT2D eigenvalue weighted by molar-refractivity contribution is 5.91. The highest BCUT2D eigenvalue weighted by Crippen LogP contribution is 2.32. The van der Waals surface area contributed by atoms with Crippen LogP contribution in [-0.4, -0.2) is 20.2 Å². The quantitative estimate of drug-likeness (QED) is 0.779. The van der Waals surface area contributed by atoms with Crippen molar-refractivity contribution in [2.45, 2.75) is 12.8 Å². The largest absolute Gasteiger partial charge is 0.496 e. The summed E-state index contributed by atoms with van der Waals surface area (Å²) < 4.78 is 5.50. The Balaban J connectivity index is 2.13. The number of anilines is 1. The van der Waals surface area contributed by atoms with Gasteiger partial charge in [-0.25, -0.2) is 0 Å². The molecule has 0 bridgehead atoms. The molecule has 0 unspecified atom stereocenters. The number of hydrogen-bond acceptors (Lipinski definition) is 2. The maximum atomic E-state index is 5.50. The Labute approximate surface area is 102 Å². The molecule has 2 heteroatoms. The summed E-state index contributed by atoms with van der Waals surface area (Å²) in [5.74, 6) is 0.977. The van der Waals surface area contributed by atoms with E-state index in [-0.39, 0.29) is 0 Å². The molecule has 1 saturated heterocycles. The van der Waals surface area contributed by atoms with E-state index in [0.29, 0.717) is 0 Å². The highest BCUT2D eigenvalue weighted by atomic mass is 16.5. The Kier molecular flexibility index (Phi) is 2.63. The van der Waals surface area contributed by atoms with Gasteiger partial charge in [0.2, 0.25) is 0 Å². The molecular formula is C15H17NO. The van der Waals surface area contributed by atoms with Crippen molar-refractivity contribution in [3.05, 3.63) is 36.4 Å². The molecule has 0 aliphatic carbocycles. The van der Waals surface area contributed by atoms with Gasteiger partial charge in [0.05, 0.1) is 7.11 Å². The zero-order chi connectivity index (χ0) is 11.7. The van der Waals surface area contributed by atoms with Crippen molar-refractivity contribution in [2.24, 2.45) is 0 Å². The van der Waals surface area contributed by atoms with E-state index < -0.39 is 0 Å². The Hall–Kier alpha value is -1.70. The van der Waals surface area contributed by atoms with Crippen LogP contribution in [0.1, 0.15) is 12.8 Å². The first-order valence-corrected chi connectivity index (χ1v) is 6.20. The molecule has 0 saturated carbocycles. The zero-order valence-electron chi connectivity index (χ0n) is 10.1. The predicted molar refractivity (Wildman–Crippen MR) is 71.9 cm³/mol. The van der Waals surface area contributed by atoms with Gasteiger partial charge in [-0.15, -0.1) is 0 Å². The van der Waals surface area contributed by atoms with Crippen molar-refractivity contribution < 1.29 is 4.74 Å². The summed E-state index contributed by atoms with van der Waals surface area (Å²) in [5, 5.41) is 2.45. The monoisotopic (exact) mass is 227 g/mol. The molecule has 0 amide bonds. The molecule has 17 heavy (non-hydrogen) atoms. The van der Waals surface area contributed by atoms with Gasteiger partial charge in [0, 0.05) is 30.2 Å². The smallest absolute Gasteiger partial charge is 0.128 e. The van der Waals surface area contributed by atoms with E-state index in [2.05, 4.69) is 41.3 Å². The zero-order valence-corrected chi connectivity index (χ0v) is 10.1. The average molecular weight is 227 g/mol. The number of rotatable bonds is 2. The maximum Gasteiger partial charge on any atom is 0.128 e. The van der Waals surface area contributed by atoms with Gasteiger partial charge in [-0.1, -0.05) is 24.3 Å². The van der Waals surface area contributed by atoms with Crippen LogP contribution in [0.4, 0.5) is 5.69 Å². The third-order valence-electron chi connectivity index (χ3n) is 3.50. The fourth-order valence-electron chi connectivity index (χ4n) is 2.59. The van der Waals surface area contributed by atoms with Gasteiger partial charge >= 0.3 is 0 Å². The Morgan fingerprint density at radius 1 is 1.06 bits per heavy atom. The summed E-state index contributed by atoms with van der Waals surface area (Å²) in [4.78, 5) is 2.44. The molecule has 1 aliphatic rings. The van der Waals surface area contributed by atoms with Crippen LogP contribution in [0.5, 0.6) is 5.75 Å². The molecule has 88 valence electrons. The van der Waals surface area contributed by atoms with Crippen molar-refractivity contribution in [2.75, 3.05) is 25.1 Å². The van der Waals surface area contributed by atoms with E-state index in [1.54, 1.807) is 7.11 Å². The first kappa shape index (κ1) is 10.5. The number of methoxy groups -OCH3 is 1. The average Bonchev–Trinajstić information content (AvgIpc) is 2.91. The number of ether oxygens (including phenoxy) is 1. The summed E-state index contributed by atoms with van der Waals surface area (Å²) in [6.07, 6.45) is 2.60. The van der Waals surface area contributed by atoms with Crippen LogP contribution in [0.25, 0.3) is 10.8 Å². The molecule has 2 aromatic rings. The Morgan fingerprint density at radius 2 is 1.82 bits per heavy atom. The molecule has 0 radical (unpaired) electrons. The van der Waals surface area contributed by atoms with Crippen LogP contribution in [0.15, 0.2) is 36.4 Å². The summed E-state index contributed by atoms with van der Waals surface area (Å²) in [5.41, 5.74) is 1.29. The lowest BCUT2D eigenvalue weighted by Gasteiger charge is -2.19. The molecule has 2 nitrogen and oxygen atoms in total. The molecular weight excluding hydrogens is 210 g/mol. The van der Waals surface area contributed by atoms with Gasteiger partial charge in [0.1, 0.15) is 5.75 Å². The van der Waals surface area contributed by atoms with E-state index in [4.69, 9.17) is 4.74 Å². The second-order valence-corrected chi connectivity index (χ2v) is 4.56. The minimum Gasteiger partial charge on any atom is -0.496 e. The lowest BCUT2D eigenvalue weighted by molar-refractivity contribution is 0.420. The molecule has 2 aromatic carbocycles. The standard InChI is InChI=1S/C15H17NO/c1-17-15-11-13(16-8-4-5-9-16)10-12-6-2-3-7-14(12)15/h2-3,6-7,10-11H,4-5,8-9H2,1H3. The first-order chi connectivity index (χ1) is 8.38. The summed E-state index contributed by atoms with van der Waals surface area (Å²) in [7, 11) is 1.75. The predicted octanol–water partition coefficient (Wildman–Crippen LogP) is 3.45. The normalized spacial score (nSPS) is 15.5. The van der Waals surface area contributed by atoms with Crippen molar-refractivity contribution >= 4 is 16.5 Å². The van der Waals surface area contributed by atoms with E-state index in [9.17, 15) is 0 Å². The topological polar surface area (TPSA) is 12.5 Å². The SMILES string of the molecule is COc1cc(N2CCCC2)cc2ccccc12. The minimum absolute atomic E-state index is 0.977. The van der Waals surface area contributed by atoms with Crippen molar-refractivity contribution in [1.82, 2.24) is 0 Å². The van der Waals surface area contributed by atoms with E-state index >= 15 is 0 Å². The second-order valence-electron chi connectivity index (χ2n) is 4.56. The molecule has 1 aliphatic heterocycles. The Bertz CT molecular complexity index is 529. The van der Waals surface area contributed by atoms with Gasteiger partial charge in [-0.3, -0.25) is 0 Å². The summed E-state index contributed by atoms with van der Waals surface area (Å²) in [6, 6.07) is 12.8. The molecule has 1 fully saturated rings. The van der Waals surface area contributed by atoms with Crippen LogP contribution in [-0.2, 0) is 0 Å². The number of fused-ring (bicyclic) bond motifs is 1. The lowest BCUT2D eigenvalue weighted by atomic mass is 10.1. The van der Waals surface area contributed by atoms with Crippen molar-refractivity contribution in [1.29, 1.82) is 0 Å². The van der Waals surface area contributed by atoms with Crippen LogP contribution in [0.2, 0.25) is 0 Å². The van der Waals surface area contributed by atoms with Gasteiger partial charge in [-0.2, -0.15) is 0 Å². The van der Waals surface area contributed by atoms with E-state index in [0.717, 1.165) is 5.75 Å². The van der Waals surface area contributed by atoms with Crippen molar-refractivity contribution in [3.8, 4) is 5.75 Å². The minimum atomic E-state index is 0.977. The maximum absolute atomic E-state index is 5.50. The third-order valence-corrected chi connectivity index (χ3v) is 3.50. The molecule has 0 N–H and O–H groups in total. The van der Waals surface area contributed by atoms with Crippen LogP contribution in [0, 0.1) is 0 Å². The van der Waals surface area contributed by atoms with Gasteiger partial charge < -0.3 is 9.64 Å². The Morgan fingerprint density at radius 3 is 2.59 bits per heavy atom. The summed E-state index contributed by atoms with van der Waals surface area (Å²) in [6.45, 7) is 2.34. The number of nitrogens with zero attached hydrogens (tertiary/aromatic N) is 1. The van der Waals surface area contributed by atoms with Crippen molar-refractivity contribution in [3.63, 3.8) is 0 Å². The molecule has 0 aromatic heterocycles.